The van der Waals surface area contributed by atoms with Gasteiger partial charge in [0.15, 0.2) is 0 Å². The Balaban J connectivity index is 2.53. The van der Waals surface area contributed by atoms with Crippen molar-refractivity contribution in [2.75, 3.05) is 39.8 Å². The van der Waals surface area contributed by atoms with Gasteiger partial charge < -0.3 is 5.32 Å². The second kappa shape index (κ2) is 7.57. The molecule has 0 aromatic carbocycles. The molecule has 0 aliphatic carbocycles. The number of rotatable bonds is 7. The maximum atomic E-state index is 12.5. The summed E-state index contributed by atoms with van der Waals surface area (Å²) in [5.74, 6) is 0.905. The van der Waals surface area contributed by atoms with Gasteiger partial charge in [-0.1, -0.05) is 20.8 Å². The standard InChI is InChI=1S/C13H29N3O2S/c1-5-14-7-6-8-15(4)19(17,18)16-10-12(2)9-13(3)11-16/h12-14H,5-11H2,1-4H3. The van der Waals surface area contributed by atoms with Crippen molar-refractivity contribution in [2.45, 2.75) is 33.6 Å². The highest BCUT2D eigenvalue weighted by molar-refractivity contribution is 7.86. The van der Waals surface area contributed by atoms with Crippen molar-refractivity contribution in [2.24, 2.45) is 11.8 Å². The van der Waals surface area contributed by atoms with E-state index >= 15 is 0 Å². The molecule has 2 atom stereocenters. The Labute approximate surface area is 118 Å². The minimum absolute atomic E-state index is 0.452. The van der Waals surface area contributed by atoms with Crippen LogP contribution >= 0.6 is 0 Å². The van der Waals surface area contributed by atoms with Crippen molar-refractivity contribution in [1.82, 2.24) is 13.9 Å². The number of nitrogens with one attached hydrogen (secondary N) is 1. The van der Waals surface area contributed by atoms with Crippen LogP contribution in [0.3, 0.4) is 0 Å². The summed E-state index contributed by atoms with van der Waals surface area (Å²) in [5.41, 5.74) is 0. The molecule has 1 rings (SSSR count). The maximum Gasteiger partial charge on any atom is 0.281 e. The molecule has 1 heterocycles. The SMILES string of the molecule is CCNCCCN(C)S(=O)(=O)N1CC(C)CC(C)C1. The lowest BCUT2D eigenvalue weighted by Crippen LogP contribution is -2.48. The van der Waals surface area contributed by atoms with E-state index in [4.69, 9.17) is 0 Å². The lowest BCUT2D eigenvalue weighted by molar-refractivity contribution is 0.211. The highest BCUT2D eigenvalue weighted by Crippen LogP contribution is 2.24. The molecule has 0 aromatic rings. The maximum absolute atomic E-state index is 12.5. The third kappa shape index (κ3) is 5.02. The molecule has 0 spiro atoms. The number of hydrogen-bond acceptors (Lipinski definition) is 3. The summed E-state index contributed by atoms with van der Waals surface area (Å²) in [5, 5.41) is 3.21. The van der Waals surface area contributed by atoms with Crippen LogP contribution in [-0.4, -0.2) is 56.8 Å². The van der Waals surface area contributed by atoms with Crippen LogP contribution in [-0.2, 0) is 10.2 Å². The molecule has 0 bridgehead atoms. The minimum Gasteiger partial charge on any atom is -0.317 e. The highest BCUT2D eigenvalue weighted by atomic mass is 32.2. The first-order valence-corrected chi connectivity index (χ1v) is 8.69. The Morgan fingerprint density at radius 2 is 1.84 bits per heavy atom. The van der Waals surface area contributed by atoms with E-state index < -0.39 is 10.2 Å². The van der Waals surface area contributed by atoms with E-state index in [0.29, 0.717) is 31.5 Å². The van der Waals surface area contributed by atoms with Crippen LogP contribution in [0.1, 0.15) is 33.6 Å². The van der Waals surface area contributed by atoms with Crippen molar-refractivity contribution >= 4 is 10.2 Å². The third-order valence-electron chi connectivity index (χ3n) is 3.63. The molecule has 19 heavy (non-hydrogen) atoms. The van der Waals surface area contributed by atoms with Crippen LogP contribution < -0.4 is 5.32 Å². The molecule has 1 aliphatic rings. The molecule has 2 unspecified atom stereocenters. The van der Waals surface area contributed by atoms with Crippen molar-refractivity contribution in [1.29, 1.82) is 0 Å². The van der Waals surface area contributed by atoms with Gasteiger partial charge in [-0.2, -0.15) is 17.0 Å². The molecule has 0 radical (unpaired) electrons. The summed E-state index contributed by atoms with van der Waals surface area (Å²) in [6, 6.07) is 0. The first-order chi connectivity index (χ1) is 8.87. The predicted octanol–water partition coefficient (Wildman–Crippen LogP) is 1.14. The summed E-state index contributed by atoms with van der Waals surface area (Å²) in [6.07, 6.45) is 1.97. The Morgan fingerprint density at radius 3 is 2.37 bits per heavy atom. The summed E-state index contributed by atoms with van der Waals surface area (Å²) in [4.78, 5) is 0. The number of nitrogens with zero attached hydrogens (tertiary/aromatic N) is 2. The monoisotopic (exact) mass is 291 g/mol. The summed E-state index contributed by atoms with van der Waals surface area (Å²) in [7, 11) is -1.59. The second-order valence-electron chi connectivity index (χ2n) is 5.80. The van der Waals surface area contributed by atoms with Crippen LogP contribution in [0.2, 0.25) is 0 Å². The molecule has 114 valence electrons. The lowest BCUT2D eigenvalue weighted by Gasteiger charge is -2.36. The fourth-order valence-electron chi connectivity index (χ4n) is 2.71. The molecule has 1 N–H and O–H groups in total. The third-order valence-corrected chi connectivity index (χ3v) is 5.55. The van der Waals surface area contributed by atoms with Gasteiger partial charge in [0, 0.05) is 26.7 Å². The first kappa shape index (κ1) is 16.9. The van der Waals surface area contributed by atoms with Crippen molar-refractivity contribution < 1.29 is 8.42 Å². The Morgan fingerprint density at radius 1 is 1.26 bits per heavy atom. The van der Waals surface area contributed by atoms with E-state index in [-0.39, 0.29) is 0 Å². The number of hydrogen-bond donors (Lipinski definition) is 1. The van der Waals surface area contributed by atoms with E-state index in [1.54, 1.807) is 11.4 Å². The lowest BCUT2D eigenvalue weighted by atomic mass is 9.94. The normalized spacial score (nSPS) is 25.9. The van der Waals surface area contributed by atoms with Gasteiger partial charge in [-0.3, -0.25) is 0 Å². The topological polar surface area (TPSA) is 52.7 Å². The van der Waals surface area contributed by atoms with Crippen LogP contribution in [0.5, 0.6) is 0 Å². The van der Waals surface area contributed by atoms with E-state index in [2.05, 4.69) is 26.1 Å². The van der Waals surface area contributed by atoms with Gasteiger partial charge >= 0.3 is 0 Å². The van der Waals surface area contributed by atoms with Gasteiger partial charge in [0.1, 0.15) is 0 Å². The Kier molecular flexibility index (Phi) is 6.73. The number of piperidine rings is 1. The Hall–Kier alpha value is -0.170. The molecule has 1 aliphatic heterocycles. The van der Waals surface area contributed by atoms with E-state index in [0.717, 1.165) is 25.9 Å². The summed E-state index contributed by atoms with van der Waals surface area (Å²) >= 11 is 0. The van der Waals surface area contributed by atoms with Gasteiger partial charge in [0.25, 0.3) is 10.2 Å². The van der Waals surface area contributed by atoms with Crippen LogP contribution in [0.4, 0.5) is 0 Å². The first-order valence-electron chi connectivity index (χ1n) is 7.30. The highest BCUT2D eigenvalue weighted by Gasteiger charge is 2.32. The van der Waals surface area contributed by atoms with Crippen molar-refractivity contribution in [3.8, 4) is 0 Å². The average Bonchev–Trinajstić information content (AvgIpc) is 2.33. The predicted molar refractivity (Wildman–Crippen MR) is 79.2 cm³/mol. The molecule has 5 nitrogen and oxygen atoms in total. The van der Waals surface area contributed by atoms with Gasteiger partial charge in [-0.15, -0.1) is 0 Å². The largest absolute Gasteiger partial charge is 0.317 e. The summed E-state index contributed by atoms with van der Waals surface area (Å²) in [6.45, 7) is 9.99. The van der Waals surface area contributed by atoms with Crippen LogP contribution in [0, 0.1) is 11.8 Å². The molecular weight excluding hydrogens is 262 g/mol. The zero-order valence-corrected chi connectivity index (χ0v) is 13.5. The average molecular weight is 291 g/mol. The van der Waals surface area contributed by atoms with Gasteiger partial charge in [-0.25, -0.2) is 0 Å². The molecule has 0 amide bonds. The van der Waals surface area contributed by atoms with E-state index in [9.17, 15) is 8.42 Å². The molecule has 1 fully saturated rings. The van der Waals surface area contributed by atoms with Gasteiger partial charge in [0.05, 0.1) is 0 Å². The van der Waals surface area contributed by atoms with Crippen molar-refractivity contribution in [3.05, 3.63) is 0 Å². The second-order valence-corrected chi connectivity index (χ2v) is 7.83. The van der Waals surface area contributed by atoms with Gasteiger partial charge in [-0.05, 0) is 37.8 Å². The zero-order valence-electron chi connectivity index (χ0n) is 12.7. The molecular formula is C13H29N3O2S. The van der Waals surface area contributed by atoms with E-state index in [1.165, 1.54) is 4.31 Å². The Bertz CT molecular complexity index is 349. The van der Waals surface area contributed by atoms with Crippen LogP contribution in [0.25, 0.3) is 0 Å². The van der Waals surface area contributed by atoms with E-state index in [1.807, 2.05) is 0 Å². The smallest absolute Gasteiger partial charge is 0.281 e. The molecule has 0 saturated carbocycles. The molecule has 6 heteroatoms. The fourth-order valence-corrected chi connectivity index (χ4v) is 4.35. The summed E-state index contributed by atoms with van der Waals surface area (Å²) < 4.78 is 28.1. The minimum atomic E-state index is -3.28. The molecule has 0 aromatic heterocycles. The fraction of sp³-hybridized carbons (Fsp3) is 1.00. The quantitative estimate of drug-likeness (QED) is 0.716. The van der Waals surface area contributed by atoms with Gasteiger partial charge in [0.2, 0.25) is 0 Å². The zero-order chi connectivity index (χ0) is 14.5. The van der Waals surface area contributed by atoms with Crippen LogP contribution in [0.15, 0.2) is 0 Å². The molecule has 1 saturated heterocycles. The van der Waals surface area contributed by atoms with Crippen molar-refractivity contribution in [3.63, 3.8) is 0 Å².